The molecule has 1 aliphatic heterocycles. The van der Waals surface area contributed by atoms with Crippen LogP contribution in [0.3, 0.4) is 0 Å². The number of nitrogen functional groups attached to an aromatic ring is 1. The zero-order chi connectivity index (χ0) is 23.2. The molecular weight excluding hydrogens is 487 g/mol. The van der Waals surface area contributed by atoms with Crippen molar-refractivity contribution in [2.75, 3.05) is 12.3 Å². The summed E-state index contributed by atoms with van der Waals surface area (Å²) in [6, 6.07) is 0. The van der Waals surface area contributed by atoms with Gasteiger partial charge in [0.05, 0.1) is 12.7 Å². The Morgan fingerprint density at radius 1 is 1.19 bits per heavy atom. The Morgan fingerprint density at radius 3 is 2.52 bits per heavy atom. The van der Waals surface area contributed by atoms with E-state index in [0.717, 1.165) is 0 Å². The summed E-state index contributed by atoms with van der Waals surface area (Å²) in [6.45, 7) is 0.848. The maximum absolute atomic E-state index is 11.8. The number of anilines is 1. The van der Waals surface area contributed by atoms with E-state index in [1.807, 2.05) is 0 Å². The highest BCUT2D eigenvalue weighted by Crippen LogP contribution is 2.66. The molecule has 2 unspecified atom stereocenters. The molecular formula is C11H18N5O12P3. The number of hydrogen-bond donors (Lipinski definition) is 6. The number of rotatable bonds is 8. The van der Waals surface area contributed by atoms with Crippen molar-refractivity contribution in [3.05, 3.63) is 12.2 Å². The van der Waals surface area contributed by atoms with Gasteiger partial charge in [-0.3, -0.25) is 9.09 Å². The molecule has 2 aromatic rings. The van der Waals surface area contributed by atoms with Crippen molar-refractivity contribution < 1.29 is 56.3 Å². The predicted octanol–water partition coefficient (Wildman–Crippen LogP) is -0.291. The van der Waals surface area contributed by atoms with Crippen LogP contribution in [0.15, 0.2) is 6.33 Å². The Balaban J connectivity index is 1.68. The number of phosphoric ester groups is 1. The molecule has 0 aromatic carbocycles. The van der Waals surface area contributed by atoms with E-state index in [4.69, 9.17) is 25.2 Å². The summed E-state index contributed by atoms with van der Waals surface area (Å²) in [5, 5.41) is 10.2. The van der Waals surface area contributed by atoms with Crippen LogP contribution in [0.5, 0.6) is 0 Å². The molecule has 2 aromatic heterocycles. The lowest BCUT2D eigenvalue weighted by atomic mass is 10.2. The molecule has 0 radical (unpaired) electrons. The van der Waals surface area contributed by atoms with Crippen LogP contribution in [-0.4, -0.2) is 63.0 Å². The fourth-order valence-corrected chi connectivity index (χ4v) is 5.90. The van der Waals surface area contributed by atoms with Crippen LogP contribution in [-0.2, 0) is 31.6 Å². The molecule has 0 spiro atoms. The van der Waals surface area contributed by atoms with Gasteiger partial charge >= 0.3 is 23.5 Å². The van der Waals surface area contributed by atoms with Crippen LogP contribution in [0, 0.1) is 6.92 Å². The number of fused-ring (bicyclic) bond motifs is 1. The highest BCUT2D eigenvalue weighted by atomic mass is 31.3. The Labute approximate surface area is 173 Å². The molecule has 31 heavy (non-hydrogen) atoms. The van der Waals surface area contributed by atoms with Crippen LogP contribution < -0.4 is 5.73 Å². The number of imidazole rings is 1. The number of phosphoric acid groups is 3. The minimum absolute atomic E-state index is 0.000627. The molecule has 17 nitrogen and oxygen atoms in total. The molecule has 3 rings (SSSR count). The van der Waals surface area contributed by atoms with Crippen molar-refractivity contribution in [3.63, 3.8) is 0 Å². The minimum Gasteiger partial charge on any atom is -0.390 e. The molecule has 1 saturated heterocycles. The lowest BCUT2D eigenvalue weighted by molar-refractivity contribution is -0.0429. The van der Waals surface area contributed by atoms with Gasteiger partial charge in [0.1, 0.15) is 24.5 Å². The van der Waals surface area contributed by atoms with Gasteiger partial charge in [-0.2, -0.15) is 8.62 Å². The summed E-state index contributed by atoms with van der Waals surface area (Å²) in [4.78, 5) is 47.8. The molecule has 0 amide bonds. The summed E-state index contributed by atoms with van der Waals surface area (Å²) >= 11 is 0. The fraction of sp³-hybridized carbons (Fsp3) is 0.545. The largest absolute Gasteiger partial charge is 0.490 e. The second-order valence-corrected chi connectivity index (χ2v) is 10.7. The van der Waals surface area contributed by atoms with Crippen molar-refractivity contribution in [1.29, 1.82) is 0 Å². The second-order valence-electron chi connectivity index (χ2n) is 6.28. The Kier molecular flexibility index (Phi) is 6.71. The molecule has 5 atom stereocenters. The average Bonchev–Trinajstić information content (AvgIpc) is 3.09. The monoisotopic (exact) mass is 505 g/mol. The van der Waals surface area contributed by atoms with Gasteiger partial charge in [0, 0.05) is 6.42 Å². The number of aliphatic hydroxyl groups excluding tert-OH is 1. The van der Waals surface area contributed by atoms with Gasteiger partial charge in [-0.1, -0.05) is 0 Å². The zero-order valence-corrected chi connectivity index (χ0v) is 18.2. The summed E-state index contributed by atoms with van der Waals surface area (Å²) < 4.78 is 52.7. The van der Waals surface area contributed by atoms with Crippen LogP contribution in [0.1, 0.15) is 18.5 Å². The SMILES string of the molecule is Cc1nc2c(N)ncnc2n1[C@H]1C[C@H](O)[C@@H](COP(=O)(O)OP(=O)(O)OP(=O)(O)O)O1. The van der Waals surface area contributed by atoms with Gasteiger partial charge < -0.3 is 35.2 Å². The van der Waals surface area contributed by atoms with E-state index in [1.165, 1.54) is 10.9 Å². The van der Waals surface area contributed by atoms with Crippen molar-refractivity contribution >= 4 is 40.4 Å². The number of aromatic nitrogens is 4. The van der Waals surface area contributed by atoms with Gasteiger partial charge in [0.2, 0.25) is 0 Å². The standard InChI is InChI=1S/C11H18N5O12P3/c1-5-15-9-10(12)13-4-14-11(9)16(5)8-2-6(17)7(26-8)3-25-30(21,22)28-31(23,24)27-29(18,19)20/h4,6-8,17H,2-3H2,1H3,(H,21,22)(H,23,24)(H2,12,13,14)(H2,18,19,20)/t6-,7+,8+/m0/s1. The number of ether oxygens (including phenoxy) is 1. The highest BCUT2D eigenvalue weighted by Gasteiger charge is 2.43. The van der Waals surface area contributed by atoms with Gasteiger partial charge in [-0.05, 0) is 6.92 Å². The smallest absolute Gasteiger partial charge is 0.390 e. The van der Waals surface area contributed by atoms with E-state index in [-0.39, 0.29) is 12.2 Å². The lowest BCUT2D eigenvalue weighted by Gasteiger charge is -2.19. The second kappa shape index (κ2) is 8.56. The molecule has 0 bridgehead atoms. The van der Waals surface area contributed by atoms with Gasteiger partial charge in [0.15, 0.2) is 17.0 Å². The molecule has 1 fully saturated rings. The maximum atomic E-state index is 11.8. The number of nitrogens with two attached hydrogens (primary N) is 1. The maximum Gasteiger partial charge on any atom is 0.490 e. The Morgan fingerprint density at radius 2 is 1.87 bits per heavy atom. The topological polar surface area (TPSA) is 259 Å². The summed E-state index contributed by atoms with van der Waals surface area (Å²) in [6.07, 6.45) is -1.99. The minimum atomic E-state index is -5.65. The highest BCUT2D eigenvalue weighted by molar-refractivity contribution is 7.66. The molecule has 174 valence electrons. The molecule has 1 aliphatic rings. The molecule has 7 N–H and O–H groups in total. The lowest BCUT2D eigenvalue weighted by Crippen LogP contribution is -2.26. The molecule has 20 heteroatoms. The number of aliphatic hydroxyl groups is 1. The van der Waals surface area contributed by atoms with Crippen molar-refractivity contribution in [3.8, 4) is 0 Å². The first-order chi connectivity index (χ1) is 14.2. The Hall–Kier alpha value is -1.32. The summed E-state index contributed by atoms with van der Waals surface area (Å²) in [7, 11) is -16.5. The van der Waals surface area contributed by atoms with Crippen LogP contribution >= 0.6 is 23.5 Å². The fourth-order valence-electron chi connectivity index (χ4n) is 2.87. The quantitative estimate of drug-likeness (QED) is 0.252. The van der Waals surface area contributed by atoms with Crippen LogP contribution in [0.25, 0.3) is 11.2 Å². The number of hydrogen-bond acceptors (Lipinski definition) is 12. The van der Waals surface area contributed by atoms with Gasteiger partial charge in [-0.25, -0.2) is 28.6 Å². The van der Waals surface area contributed by atoms with E-state index >= 15 is 0 Å². The number of nitrogens with zero attached hydrogens (tertiary/aromatic N) is 4. The zero-order valence-electron chi connectivity index (χ0n) is 15.5. The number of aryl methyl sites for hydroxylation is 1. The van der Waals surface area contributed by atoms with E-state index in [1.54, 1.807) is 6.92 Å². The van der Waals surface area contributed by atoms with Crippen molar-refractivity contribution in [2.24, 2.45) is 0 Å². The van der Waals surface area contributed by atoms with E-state index in [9.17, 15) is 23.7 Å². The molecule has 3 heterocycles. The first-order valence-electron chi connectivity index (χ1n) is 8.24. The molecule has 0 aliphatic carbocycles. The third kappa shape index (κ3) is 5.93. The molecule has 0 saturated carbocycles. The average molecular weight is 505 g/mol. The third-order valence-corrected chi connectivity index (χ3v) is 7.79. The van der Waals surface area contributed by atoms with Crippen LogP contribution in [0.4, 0.5) is 5.82 Å². The van der Waals surface area contributed by atoms with Crippen molar-refractivity contribution in [2.45, 2.75) is 31.8 Å². The van der Waals surface area contributed by atoms with Crippen LogP contribution in [0.2, 0.25) is 0 Å². The first-order valence-corrected chi connectivity index (χ1v) is 12.8. The summed E-state index contributed by atoms with van der Waals surface area (Å²) in [5.41, 5.74) is 6.41. The van der Waals surface area contributed by atoms with Gasteiger partial charge in [0.25, 0.3) is 0 Å². The van der Waals surface area contributed by atoms with Gasteiger partial charge in [-0.15, -0.1) is 0 Å². The van der Waals surface area contributed by atoms with E-state index in [2.05, 4.69) is 28.1 Å². The predicted molar refractivity (Wildman–Crippen MR) is 98.8 cm³/mol. The van der Waals surface area contributed by atoms with E-state index in [0.29, 0.717) is 17.0 Å². The Bertz CT molecular complexity index is 1120. The third-order valence-electron chi connectivity index (χ3n) is 3.99. The first kappa shape index (κ1) is 24.3. The summed E-state index contributed by atoms with van der Waals surface area (Å²) in [5.74, 6) is 0.572. The van der Waals surface area contributed by atoms with E-state index < -0.39 is 48.5 Å². The normalized spacial score (nSPS) is 26.1. The van der Waals surface area contributed by atoms with Crippen molar-refractivity contribution in [1.82, 2.24) is 19.5 Å².